The Kier molecular flexibility index (Phi) is 18.8. The summed E-state index contributed by atoms with van der Waals surface area (Å²) in [5.74, 6) is 0. The Bertz CT molecular complexity index is 686. The lowest BCUT2D eigenvalue weighted by Crippen LogP contribution is -2.48. The summed E-state index contributed by atoms with van der Waals surface area (Å²) in [4.78, 5) is 2.51. The molecule has 0 aromatic heterocycles. The van der Waals surface area contributed by atoms with Crippen LogP contribution in [-0.4, -0.2) is 24.5 Å². The second kappa shape index (κ2) is 20.7. The second-order valence-electron chi connectivity index (χ2n) is 11.1. The van der Waals surface area contributed by atoms with Crippen LogP contribution < -0.4 is 0 Å². The van der Waals surface area contributed by atoms with Gasteiger partial charge in [-0.25, -0.2) is 0 Å². The Balaban J connectivity index is 0.00000648. The van der Waals surface area contributed by atoms with Crippen LogP contribution in [-0.2, 0) is 12.8 Å². The average molecular weight is 514 g/mol. The van der Waals surface area contributed by atoms with Crippen molar-refractivity contribution in [3.8, 4) is 0 Å². The molecule has 0 aliphatic rings. The first kappa shape index (κ1) is 32.7. The maximum absolute atomic E-state index is 2.51. The van der Waals surface area contributed by atoms with Crippen LogP contribution in [0.2, 0.25) is 0 Å². The van der Waals surface area contributed by atoms with Crippen molar-refractivity contribution in [1.29, 1.82) is 0 Å². The first-order chi connectivity index (χ1) is 17.2. The van der Waals surface area contributed by atoms with E-state index in [9.17, 15) is 0 Å². The Labute approximate surface area is 230 Å². The Morgan fingerprint density at radius 2 is 0.833 bits per heavy atom. The van der Waals surface area contributed by atoms with Gasteiger partial charge in [0.1, 0.15) is 0 Å². The van der Waals surface area contributed by atoms with Crippen molar-refractivity contribution in [2.45, 2.75) is 128 Å². The highest BCUT2D eigenvalue weighted by Gasteiger charge is 2.32. The van der Waals surface area contributed by atoms with E-state index in [1.807, 2.05) is 0 Å². The van der Waals surface area contributed by atoms with Crippen molar-refractivity contribution in [3.05, 3.63) is 71.8 Å². The summed E-state index contributed by atoms with van der Waals surface area (Å²) >= 11 is 0. The van der Waals surface area contributed by atoms with Gasteiger partial charge in [-0.3, -0.25) is 0 Å². The highest BCUT2D eigenvalue weighted by molar-refractivity contribution is 5.85. The van der Waals surface area contributed by atoms with Gasteiger partial charge < -0.3 is 4.90 Å². The molecule has 0 aliphatic carbocycles. The van der Waals surface area contributed by atoms with Gasteiger partial charge >= 0.3 is 0 Å². The van der Waals surface area contributed by atoms with Crippen molar-refractivity contribution >= 4 is 12.4 Å². The number of likely N-dealkylation sites (N-methyl/N-ethyl adjacent to an activating group) is 1. The molecule has 0 bridgehead atoms. The fourth-order valence-electron chi connectivity index (χ4n) is 5.56. The zero-order valence-electron chi connectivity index (χ0n) is 23.9. The molecule has 0 amide bonds. The molecule has 0 N–H and O–H groups in total. The number of benzene rings is 2. The van der Waals surface area contributed by atoms with Gasteiger partial charge in [-0.05, 0) is 44.5 Å². The van der Waals surface area contributed by atoms with E-state index >= 15 is 0 Å². The van der Waals surface area contributed by atoms with Gasteiger partial charge in [-0.2, -0.15) is 0 Å². The van der Waals surface area contributed by atoms with E-state index in [0.29, 0.717) is 0 Å². The minimum Gasteiger partial charge on any atom is -0.303 e. The van der Waals surface area contributed by atoms with Gasteiger partial charge in [0.05, 0.1) is 0 Å². The van der Waals surface area contributed by atoms with Crippen molar-refractivity contribution in [1.82, 2.24) is 4.90 Å². The zero-order valence-corrected chi connectivity index (χ0v) is 24.7. The number of halogens is 1. The molecule has 2 rings (SSSR count). The largest absolute Gasteiger partial charge is 0.303 e. The van der Waals surface area contributed by atoms with E-state index < -0.39 is 0 Å². The summed E-state index contributed by atoms with van der Waals surface area (Å²) in [6.07, 6.45) is 24.9. The third-order valence-electron chi connectivity index (χ3n) is 7.95. The van der Waals surface area contributed by atoms with Crippen LogP contribution in [0.4, 0.5) is 0 Å². The fraction of sp³-hybridized carbons (Fsp3) is 0.647. The Morgan fingerprint density at radius 3 is 1.17 bits per heavy atom. The first-order valence-electron chi connectivity index (χ1n) is 14.9. The molecule has 2 heteroatoms. The molecule has 0 saturated heterocycles. The van der Waals surface area contributed by atoms with Crippen molar-refractivity contribution in [2.75, 3.05) is 14.1 Å². The van der Waals surface area contributed by atoms with E-state index in [0.717, 1.165) is 12.8 Å². The predicted octanol–water partition coefficient (Wildman–Crippen LogP) is 10.5. The average Bonchev–Trinajstić information content (AvgIpc) is 2.87. The Morgan fingerprint density at radius 1 is 0.500 bits per heavy atom. The number of rotatable bonds is 21. The molecule has 0 atom stereocenters. The van der Waals surface area contributed by atoms with Gasteiger partial charge in [0.2, 0.25) is 0 Å². The van der Waals surface area contributed by atoms with E-state index in [1.54, 1.807) is 0 Å². The quantitative estimate of drug-likeness (QED) is 0.150. The lowest BCUT2D eigenvalue weighted by molar-refractivity contribution is 0.133. The molecule has 1 nitrogen and oxygen atoms in total. The van der Waals surface area contributed by atoms with Crippen LogP contribution in [0.5, 0.6) is 0 Å². The van der Waals surface area contributed by atoms with E-state index in [-0.39, 0.29) is 17.9 Å². The van der Waals surface area contributed by atoms with Crippen LogP contribution in [0.15, 0.2) is 60.7 Å². The molecule has 0 aliphatic heterocycles. The van der Waals surface area contributed by atoms with Gasteiger partial charge in [0, 0.05) is 5.54 Å². The smallest absolute Gasteiger partial charge is 0.0284 e. The number of unbranched alkanes of at least 4 members (excludes halogenated alkanes) is 14. The summed E-state index contributed by atoms with van der Waals surface area (Å²) in [7, 11) is 4.58. The molecule has 0 fully saturated rings. The second-order valence-corrected chi connectivity index (χ2v) is 11.1. The molecule has 2 aromatic rings. The molecule has 36 heavy (non-hydrogen) atoms. The van der Waals surface area contributed by atoms with Crippen LogP contribution in [0.3, 0.4) is 0 Å². The zero-order chi connectivity index (χ0) is 25.0. The predicted molar refractivity (Wildman–Crippen MR) is 164 cm³/mol. The normalized spacial score (nSPS) is 11.6. The SMILES string of the molecule is CCCCCCCCCCCCCCCCCC(Cc1ccccc1)(Cc1ccccc1)N(C)C.Cl. The maximum atomic E-state index is 2.51. The van der Waals surface area contributed by atoms with Gasteiger partial charge in [-0.15, -0.1) is 12.4 Å². The summed E-state index contributed by atoms with van der Waals surface area (Å²) in [5, 5.41) is 0. The molecule has 0 radical (unpaired) electrons. The summed E-state index contributed by atoms with van der Waals surface area (Å²) in [6.45, 7) is 2.30. The lowest BCUT2D eigenvalue weighted by Gasteiger charge is -2.41. The standard InChI is InChI=1S/C34H55N.ClH/c1-4-5-6-7-8-9-10-11-12-13-14-15-16-17-24-29-34(35(2)3,30-32-25-20-18-21-26-32)31-33-27-22-19-23-28-33;/h18-23,25-28H,4-17,24,29-31H2,1-3H3;1H. The number of hydrogen-bond acceptors (Lipinski definition) is 1. The highest BCUT2D eigenvalue weighted by atomic mass is 35.5. The number of hydrogen-bond donors (Lipinski definition) is 0. The molecule has 0 spiro atoms. The summed E-state index contributed by atoms with van der Waals surface area (Å²) < 4.78 is 0. The van der Waals surface area contributed by atoms with E-state index in [4.69, 9.17) is 0 Å². The molecule has 2 aromatic carbocycles. The van der Waals surface area contributed by atoms with Crippen LogP contribution in [0.1, 0.15) is 121 Å². The minimum absolute atomic E-state index is 0. The maximum Gasteiger partial charge on any atom is 0.0284 e. The first-order valence-corrected chi connectivity index (χ1v) is 14.9. The molecular formula is C34H56ClN. The minimum atomic E-state index is 0. The van der Waals surface area contributed by atoms with Crippen molar-refractivity contribution in [2.24, 2.45) is 0 Å². The van der Waals surface area contributed by atoms with Crippen LogP contribution in [0.25, 0.3) is 0 Å². The highest BCUT2D eigenvalue weighted by Crippen LogP contribution is 2.30. The molecular weight excluding hydrogens is 458 g/mol. The van der Waals surface area contributed by atoms with Crippen molar-refractivity contribution < 1.29 is 0 Å². The summed E-state index contributed by atoms with van der Waals surface area (Å²) in [5.41, 5.74) is 3.09. The molecule has 0 heterocycles. The summed E-state index contributed by atoms with van der Waals surface area (Å²) in [6, 6.07) is 22.2. The van der Waals surface area contributed by atoms with Crippen LogP contribution >= 0.6 is 12.4 Å². The van der Waals surface area contributed by atoms with E-state index in [1.165, 1.54) is 114 Å². The van der Waals surface area contributed by atoms with E-state index in [2.05, 4.69) is 86.6 Å². The molecule has 204 valence electrons. The van der Waals surface area contributed by atoms with Gasteiger partial charge in [0.15, 0.2) is 0 Å². The third kappa shape index (κ3) is 13.8. The topological polar surface area (TPSA) is 3.24 Å². The van der Waals surface area contributed by atoms with Crippen molar-refractivity contribution in [3.63, 3.8) is 0 Å². The third-order valence-corrected chi connectivity index (χ3v) is 7.95. The fourth-order valence-corrected chi connectivity index (χ4v) is 5.56. The van der Waals surface area contributed by atoms with Gasteiger partial charge in [-0.1, -0.05) is 164 Å². The monoisotopic (exact) mass is 513 g/mol. The molecule has 0 saturated carbocycles. The molecule has 0 unspecified atom stereocenters. The lowest BCUT2D eigenvalue weighted by atomic mass is 9.79. The number of nitrogens with zero attached hydrogens (tertiary/aromatic N) is 1. The van der Waals surface area contributed by atoms with Crippen LogP contribution in [0, 0.1) is 0 Å². The Hall–Kier alpha value is -1.31. The van der Waals surface area contributed by atoms with Gasteiger partial charge in [0.25, 0.3) is 0 Å².